The molecule has 5 heteroatoms. The lowest BCUT2D eigenvalue weighted by atomic mass is 10.0. The predicted octanol–water partition coefficient (Wildman–Crippen LogP) is 3.71. The van der Waals surface area contributed by atoms with Crippen LogP contribution in [0, 0.1) is 0 Å². The molecule has 0 N–H and O–H groups in total. The normalized spacial score (nSPS) is 10.5. The van der Waals surface area contributed by atoms with Crippen LogP contribution in [0.3, 0.4) is 0 Å². The zero-order chi connectivity index (χ0) is 16.9. The molecule has 0 saturated heterocycles. The van der Waals surface area contributed by atoms with E-state index in [1.807, 2.05) is 48.5 Å². The van der Waals surface area contributed by atoms with E-state index in [0.717, 1.165) is 22.1 Å². The number of ether oxygens (including phenoxy) is 2. The molecule has 2 aromatic carbocycles. The number of hydrogen-bond acceptors (Lipinski definition) is 5. The fraction of sp³-hybridized carbons (Fsp3) is 0.158. The second kappa shape index (κ2) is 7.00. The minimum Gasteiger partial charge on any atom is -0.463 e. The molecule has 0 unspecified atom stereocenters. The topological polar surface area (TPSA) is 65.7 Å². The Kier molecular flexibility index (Phi) is 4.61. The lowest BCUT2D eigenvalue weighted by Gasteiger charge is -2.05. The Morgan fingerprint density at radius 3 is 2.54 bits per heavy atom. The van der Waals surface area contributed by atoms with Gasteiger partial charge in [0.05, 0.1) is 12.7 Å². The molecule has 3 rings (SSSR count). The van der Waals surface area contributed by atoms with E-state index in [1.54, 1.807) is 6.26 Å². The fourth-order valence-electron chi connectivity index (χ4n) is 2.48. The van der Waals surface area contributed by atoms with Crippen LogP contribution in [-0.2, 0) is 25.5 Å². The number of benzene rings is 2. The second-order valence-corrected chi connectivity index (χ2v) is 5.26. The summed E-state index contributed by atoms with van der Waals surface area (Å²) in [5, 5.41) is 0.937. The fourth-order valence-corrected chi connectivity index (χ4v) is 2.48. The summed E-state index contributed by atoms with van der Waals surface area (Å²) in [4.78, 5) is 22.5. The molecule has 3 aromatic rings. The van der Waals surface area contributed by atoms with Gasteiger partial charge in [-0.2, -0.15) is 0 Å². The molecule has 24 heavy (non-hydrogen) atoms. The van der Waals surface area contributed by atoms with Crippen LogP contribution in [0.1, 0.15) is 12.5 Å². The Hall–Kier alpha value is -3.08. The van der Waals surface area contributed by atoms with Gasteiger partial charge >= 0.3 is 11.9 Å². The van der Waals surface area contributed by atoms with E-state index in [0.29, 0.717) is 5.58 Å². The number of furan rings is 1. The van der Waals surface area contributed by atoms with Gasteiger partial charge in [0.2, 0.25) is 6.79 Å². The summed E-state index contributed by atoms with van der Waals surface area (Å²) in [5.74, 6) is -0.982. The molecule has 0 fully saturated rings. The van der Waals surface area contributed by atoms with Crippen LogP contribution in [0.15, 0.2) is 59.2 Å². The van der Waals surface area contributed by atoms with E-state index >= 15 is 0 Å². The number of fused-ring (bicyclic) bond motifs is 1. The van der Waals surface area contributed by atoms with Crippen molar-refractivity contribution in [1.82, 2.24) is 0 Å². The monoisotopic (exact) mass is 324 g/mol. The molecule has 0 aliphatic rings. The maximum Gasteiger partial charge on any atom is 0.313 e. The van der Waals surface area contributed by atoms with Crippen molar-refractivity contribution in [3.05, 3.63) is 60.4 Å². The summed E-state index contributed by atoms with van der Waals surface area (Å²) < 4.78 is 15.2. The Labute approximate surface area is 138 Å². The van der Waals surface area contributed by atoms with Crippen LogP contribution < -0.4 is 0 Å². The van der Waals surface area contributed by atoms with E-state index in [2.05, 4.69) is 4.74 Å². The Morgan fingerprint density at radius 1 is 1.00 bits per heavy atom. The van der Waals surface area contributed by atoms with Crippen LogP contribution >= 0.6 is 0 Å². The zero-order valence-corrected chi connectivity index (χ0v) is 13.2. The van der Waals surface area contributed by atoms with E-state index < -0.39 is 11.9 Å². The van der Waals surface area contributed by atoms with Crippen LogP contribution in [-0.4, -0.2) is 18.7 Å². The summed E-state index contributed by atoms with van der Waals surface area (Å²) in [7, 11) is 0. The highest BCUT2D eigenvalue weighted by Gasteiger charge is 2.14. The van der Waals surface area contributed by atoms with Crippen molar-refractivity contribution in [3.63, 3.8) is 0 Å². The molecular weight excluding hydrogens is 308 g/mol. The van der Waals surface area contributed by atoms with Gasteiger partial charge in [0.1, 0.15) is 5.58 Å². The molecule has 1 heterocycles. The molecule has 0 saturated carbocycles. The zero-order valence-electron chi connectivity index (χ0n) is 13.2. The maximum absolute atomic E-state index is 11.9. The van der Waals surface area contributed by atoms with E-state index in [-0.39, 0.29) is 13.2 Å². The third-order valence-electron chi connectivity index (χ3n) is 3.58. The molecule has 0 spiro atoms. The van der Waals surface area contributed by atoms with Crippen LogP contribution in [0.5, 0.6) is 0 Å². The van der Waals surface area contributed by atoms with Gasteiger partial charge in [-0.3, -0.25) is 9.59 Å². The third kappa shape index (κ3) is 3.46. The Bertz CT molecular complexity index is 864. The van der Waals surface area contributed by atoms with Crippen LogP contribution in [0.25, 0.3) is 22.1 Å². The highest BCUT2D eigenvalue weighted by molar-refractivity contribution is 5.96. The molecule has 122 valence electrons. The van der Waals surface area contributed by atoms with Crippen molar-refractivity contribution in [2.45, 2.75) is 13.3 Å². The van der Waals surface area contributed by atoms with Gasteiger partial charge in [-0.25, -0.2) is 0 Å². The van der Waals surface area contributed by atoms with Gasteiger partial charge in [0.25, 0.3) is 0 Å². The number of carbonyl (C=O) groups excluding carboxylic acids is 2. The van der Waals surface area contributed by atoms with Gasteiger partial charge in [0, 0.05) is 23.4 Å². The quantitative estimate of drug-likeness (QED) is 0.529. The first-order chi connectivity index (χ1) is 11.6. The lowest BCUT2D eigenvalue weighted by Crippen LogP contribution is -2.12. The summed E-state index contributed by atoms with van der Waals surface area (Å²) in [5.41, 5.74) is 3.40. The standard InChI is InChI=1S/C19H16O5/c1-13(20)23-12-24-18(21)10-15-8-5-9-16-17(11-22-19(15)16)14-6-3-2-4-7-14/h2-9,11H,10,12H2,1H3. The van der Waals surface area contributed by atoms with E-state index in [4.69, 9.17) is 9.15 Å². The Morgan fingerprint density at radius 2 is 1.79 bits per heavy atom. The second-order valence-electron chi connectivity index (χ2n) is 5.26. The van der Waals surface area contributed by atoms with Crippen molar-refractivity contribution in [1.29, 1.82) is 0 Å². The number of para-hydroxylation sites is 1. The molecule has 1 aromatic heterocycles. The molecule has 0 atom stereocenters. The van der Waals surface area contributed by atoms with Gasteiger partial charge in [0.15, 0.2) is 0 Å². The van der Waals surface area contributed by atoms with Gasteiger partial charge in [-0.15, -0.1) is 0 Å². The van der Waals surface area contributed by atoms with Crippen molar-refractivity contribution in [3.8, 4) is 11.1 Å². The predicted molar refractivity (Wildman–Crippen MR) is 88.1 cm³/mol. The average molecular weight is 324 g/mol. The first-order valence-electron chi connectivity index (χ1n) is 7.48. The highest BCUT2D eigenvalue weighted by atomic mass is 16.7. The minimum atomic E-state index is -0.497. The van der Waals surface area contributed by atoms with Gasteiger partial charge in [-0.1, -0.05) is 48.5 Å². The molecule has 0 aliphatic heterocycles. The molecule has 0 aliphatic carbocycles. The van der Waals surface area contributed by atoms with Gasteiger partial charge < -0.3 is 13.9 Å². The highest BCUT2D eigenvalue weighted by Crippen LogP contribution is 2.32. The largest absolute Gasteiger partial charge is 0.463 e. The summed E-state index contributed by atoms with van der Waals surface area (Å²) in [6.45, 7) is 0.875. The van der Waals surface area contributed by atoms with Crippen LogP contribution in [0.4, 0.5) is 0 Å². The lowest BCUT2D eigenvalue weighted by molar-refractivity contribution is -0.165. The molecule has 0 bridgehead atoms. The van der Waals surface area contributed by atoms with Crippen molar-refractivity contribution >= 4 is 22.9 Å². The van der Waals surface area contributed by atoms with Gasteiger partial charge in [-0.05, 0) is 5.56 Å². The molecule has 0 radical (unpaired) electrons. The SMILES string of the molecule is CC(=O)OCOC(=O)Cc1cccc2c(-c3ccccc3)coc12. The molecule has 0 amide bonds. The average Bonchev–Trinajstić information content (AvgIpc) is 3.00. The first kappa shape index (κ1) is 15.8. The number of hydrogen-bond donors (Lipinski definition) is 0. The minimum absolute atomic E-state index is 0.0420. The summed E-state index contributed by atoms with van der Waals surface area (Å²) >= 11 is 0. The summed E-state index contributed by atoms with van der Waals surface area (Å²) in [6.07, 6.45) is 1.73. The molecular formula is C19H16O5. The summed E-state index contributed by atoms with van der Waals surface area (Å²) in [6, 6.07) is 15.5. The Balaban J connectivity index is 1.81. The number of esters is 2. The third-order valence-corrected chi connectivity index (χ3v) is 3.58. The maximum atomic E-state index is 11.9. The number of carbonyl (C=O) groups is 2. The number of rotatable bonds is 5. The van der Waals surface area contributed by atoms with E-state index in [1.165, 1.54) is 6.92 Å². The first-order valence-corrected chi connectivity index (χ1v) is 7.48. The van der Waals surface area contributed by atoms with Crippen molar-refractivity contribution in [2.24, 2.45) is 0 Å². The smallest absolute Gasteiger partial charge is 0.313 e. The molecule has 5 nitrogen and oxygen atoms in total. The van der Waals surface area contributed by atoms with Crippen molar-refractivity contribution in [2.75, 3.05) is 6.79 Å². The van der Waals surface area contributed by atoms with Crippen LogP contribution in [0.2, 0.25) is 0 Å². The van der Waals surface area contributed by atoms with E-state index in [9.17, 15) is 9.59 Å². The van der Waals surface area contributed by atoms with Crippen molar-refractivity contribution < 1.29 is 23.5 Å².